The lowest BCUT2D eigenvalue weighted by atomic mass is 10.0. The first-order valence-electron chi connectivity index (χ1n) is 11.7. The highest BCUT2D eigenvalue weighted by Crippen LogP contribution is 2.31. The number of hydrogen-bond donors (Lipinski definition) is 10. The zero-order valence-corrected chi connectivity index (χ0v) is 19.4. The number of aliphatic hydroxyl groups is 10. The molecule has 216 valence electrons. The monoisotopic (exact) mass is 546 g/mol. The van der Waals surface area contributed by atoms with Crippen LogP contribution >= 0.6 is 0 Å². The maximum atomic E-state index is 11.0. The molecule has 37 heavy (non-hydrogen) atoms. The third-order valence-corrected chi connectivity index (χ3v) is 6.72. The second-order valence-corrected chi connectivity index (χ2v) is 9.30. The molecular weight excluding hydrogens is 512 g/mol. The van der Waals surface area contributed by atoms with Gasteiger partial charge < -0.3 is 84.2 Å². The van der Waals surface area contributed by atoms with Gasteiger partial charge in [0.2, 0.25) is 0 Å². The molecule has 0 aliphatic carbocycles. The van der Waals surface area contributed by atoms with Gasteiger partial charge in [0.1, 0.15) is 73.2 Å². The Morgan fingerprint density at radius 2 is 1.14 bits per heavy atom. The fourth-order valence-corrected chi connectivity index (χ4v) is 4.44. The molecule has 4 fully saturated rings. The largest absolute Gasteiger partial charge is 0.394 e. The standard InChI is InChI=1S/C20H34O17/c21-1-6-10(24)14(28)20(34-6)37-16-8(36-18-13(27)9(23)5(22)2-32-18)4-33-19(15(16)29)35-7-3-31-17(30)12(26)11(7)25/h5-30H,1-4H2/t5-,6+,7-,8-,9+,10+,11+,12-,13-,14-,15-,16+,17?,18?,19?,20?/m1/s1. The highest BCUT2D eigenvalue weighted by Gasteiger charge is 2.52. The average Bonchev–Trinajstić information content (AvgIpc) is 3.15. The van der Waals surface area contributed by atoms with Gasteiger partial charge in [-0.25, -0.2) is 0 Å². The molecule has 10 N–H and O–H groups in total. The second kappa shape index (κ2) is 12.2. The fraction of sp³-hybridized carbons (Fsp3) is 1.00. The second-order valence-electron chi connectivity index (χ2n) is 9.30. The van der Waals surface area contributed by atoms with Gasteiger partial charge in [0.15, 0.2) is 25.2 Å². The van der Waals surface area contributed by atoms with Crippen LogP contribution in [0.2, 0.25) is 0 Å². The van der Waals surface area contributed by atoms with Gasteiger partial charge >= 0.3 is 0 Å². The minimum atomic E-state index is -1.74. The summed E-state index contributed by atoms with van der Waals surface area (Å²) < 4.78 is 37.9. The van der Waals surface area contributed by atoms with Gasteiger partial charge in [0.05, 0.1) is 26.4 Å². The summed E-state index contributed by atoms with van der Waals surface area (Å²) in [6.45, 7) is -1.79. The number of rotatable bonds is 7. The SMILES string of the molecule is OC[C@@H]1OC(O[C@H]2[C@H](OC3OC[C@@H](O)[C@H](O)[C@H]3O)COC(O[C@@H]3COC(O)[C@H](O)[C@H]3O)[C@@H]2O)[C@H](O)[C@H]1O. The van der Waals surface area contributed by atoms with Crippen molar-refractivity contribution in [1.82, 2.24) is 0 Å². The lowest BCUT2D eigenvalue weighted by Gasteiger charge is -2.45. The predicted octanol–water partition coefficient (Wildman–Crippen LogP) is -7.19. The fourth-order valence-electron chi connectivity index (χ4n) is 4.44. The number of hydrogen-bond acceptors (Lipinski definition) is 17. The number of aliphatic hydroxyl groups excluding tert-OH is 10. The quantitative estimate of drug-likeness (QED) is 0.142. The topological polar surface area (TPSA) is 267 Å². The molecule has 4 heterocycles. The third kappa shape index (κ3) is 6.08. The molecule has 4 aliphatic rings. The van der Waals surface area contributed by atoms with Gasteiger partial charge in [-0.15, -0.1) is 0 Å². The molecule has 0 aromatic rings. The summed E-state index contributed by atoms with van der Waals surface area (Å²) in [4.78, 5) is 0. The van der Waals surface area contributed by atoms with E-state index in [2.05, 4.69) is 0 Å². The molecule has 17 heteroatoms. The predicted molar refractivity (Wildman–Crippen MR) is 110 cm³/mol. The van der Waals surface area contributed by atoms with E-state index in [1.165, 1.54) is 0 Å². The zero-order chi connectivity index (χ0) is 27.0. The van der Waals surface area contributed by atoms with E-state index < -0.39 is 112 Å². The molecule has 4 aliphatic heterocycles. The highest BCUT2D eigenvalue weighted by molar-refractivity contribution is 4.93. The van der Waals surface area contributed by atoms with Crippen molar-refractivity contribution in [2.45, 2.75) is 98.4 Å². The minimum Gasteiger partial charge on any atom is -0.394 e. The molecule has 0 spiro atoms. The van der Waals surface area contributed by atoms with Crippen molar-refractivity contribution in [3.8, 4) is 0 Å². The summed E-state index contributed by atoms with van der Waals surface area (Å²) in [7, 11) is 0. The normalized spacial score (nSPS) is 53.4. The first kappa shape index (κ1) is 29.3. The summed E-state index contributed by atoms with van der Waals surface area (Å²) in [5, 5.41) is 100. The lowest BCUT2D eigenvalue weighted by molar-refractivity contribution is -0.362. The summed E-state index contributed by atoms with van der Waals surface area (Å²) >= 11 is 0. The molecule has 17 nitrogen and oxygen atoms in total. The van der Waals surface area contributed by atoms with Crippen LogP contribution in [-0.2, 0) is 33.2 Å². The van der Waals surface area contributed by atoms with Crippen LogP contribution in [0.1, 0.15) is 0 Å². The molecule has 4 rings (SSSR count). The Bertz CT molecular complexity index is 731. The Kier molecular flexibility index (Phi) is 9.69. The molecule has 4 saturated heterocycles. The van der Waals surface area contributed by atoms with E-state index in [0.29, 0.717) is 0 Å². The van der Waals surface area contributed by atoms with Gasteiger partial charge in [0, 0.05) is 0 Å². The molecule has 0 amide bonds. The maximum absolute atomic E-state index is 11.0. The summed E-state index contributed by atoms with van der Waals surface area (Å²) in [5.74, 6) is 0. The van der Waals surface area contributed by atoms with E-state index in [-0.39, 0.29) is 13.2 Å². The van der Waals surface area contributed by atoms with Crippen LogP contribution in [-0.4, -0.2) is 176 Å². The van der Waals surface area contributed by atoms with Gasteiger partial charge in [0.25, 0.3) is 0 Å². The van der Waals surface area contributed by atoms with E-state index in [1.54, 1.807) is 0 Å². The summed E-state index contributed by atoms with van der Waals surface area (Å²) in [6.07, 6.45) is -24.2. The van der Waals surface area contributed by atoms with E-state index in [4.69, 9.17) is 33.2 Å². The Hall–Kier alpha value is -0.680. The van der Waals surface area contributed by atoms with Crippen molar-refractivity contribution in [1.29, 1.82) is 0 Å². The van der Waals surface area contributed by atoms with Crippen molar-refractivity contribution in [2.24, 2.45) is 0 Å². The summed E-state index contributed by atoms with van der Waals surface area (Å²) in [5.41, 5.74) is 0. The Labute approximate surface area is 209 Å². The molecule has 16 atom stereocenters. The Morgan fingerprint density at radius 3 is 1.81 bits per heavy atom. The van der Waals surface area contributed by atoms with E-state index in [0.717, 1.165) is 0 Å². The molecule has 0 aromatic carbocycles. The van der Waals surface area contributed by atoms with Crippen LogP contribution in [0.4, 0.5) is 0 Å². The molecule has 0 aromatic heterocycles. The van der Waals surface area contributed by atoms with E-state index >= 15 is 0 Å². The first-order valence-corrected chi connectivity index (χ1v) is 11.7. The van der Waals surface area contributed by atoms with Crippen LogP contribution in [0.15, 0.2) is 0 Å². The number of ether oxygens (including phenoxy) is 7. The minimum absolute atomic E-state index is 0.366. The molecule has 0 saturated carbocycles. The van der Waals surface area contributed by atoms with Crippen LogP contribution in [0, 0.1) is 0 Å². The van der Waals surface area contributed by atoms with Crippen molar-refractivity contribution < 1.29 is 84.2 Å². The van der Waals surface area contributed by atoms with Gasteiger partial charge in [-0.3, -0.25) is 0 Å². The van der Waals surface area contributed by atoms with Crippen LogP contribution in [0.5, 0.6) is 0 Å². The lowest BCUT2D eigenvalue weighted by Crippen LogP contribution is -2.62. The van der Waals surface area contributed by atoms with Crippen LogP contribution < -0.4 is 0 Å². The van der Waals surface area contributed by atoms with Crippen molar-refractivity contribution in [2.75, 3.05) is 26.4 Å². The average molecular weight is 546 g/mol. The maximum Gasteiger partial charge on any atom is 0.187 e. The van der Waals surface area contributed by atoms with Gasteiger partial charge in [-0.05, 0) is 0 Å². The Morgan fingerprint density at radius 1 is 0.541 bits per heavy atom. The molecule has 0 radical (unpaired) electrons. The van der Waals surface area contributed by atoms with E-state index in [9.17, 15) is 51.1 Å². The van der Waals surface area contributed by atoms with Gasteiger partial charge in [-0.2, -0.15) is 0 Å². The van der Waals surface area contributed by atoms with Crippen molar-refractivity contribution in [3.05, 3.63) is 0 Å². The Balaban J connectivity index is 1.48. The van der Waals surface area contributed by atoms with E-state index in [1.807, 2.05) is 0 Å². The molecule has 0 bridgehead atoms. The van der Waals surface area contributed by atoms with Gasteiger partial charge in [-0.1, -0.05) is 0 Å². The highest BCUT2D eigenvalue weighted by atomic mass is 16.8. The van der Waals surface area contributed by atoms with Crippen LogP contribution in [0.25, 0.3) is 0 Å². The zero-order valence-electron chi connectivity index (χ0n) is 19.4. The van der Waals surface area contributed by atoms with Crippen molar-refractivity contribution in [3.63, 3.8) is 0 Å². The van der Waals surface area contributed by atoms with Crippen LogP contribution in [0.3, 0.4) is 0 Å². The van der Waals surface area contributed by atoms with Crippen molar-refractivity contribution >= 4 is 0 Å². The molecular formula is C20H34O17. The first-order chi connectivity index (χ1) is 17.5. The molecule has 4 unspecified atom stereocenters. The summed E-state index contributed by atoms with van der Waals surface area (Å²) in [6, 6.07) is 0. The smallest absolute Gasteiger partial charge is 0.187 e. The third-order valence-electron chi connectivity index (χ3n) is 6.72.